The lowest BCUT2D eigenvalue weighted by Crippen LogP contribution is -2.30. The molecule has 1 heterocycles. The van der Waals surface area contributed by atoms with Gasteiger partial charge in [0, 0.05) is 28.3 Å². The molecule has 0 fully saturated rings. The number of nitrogens with zero attached hydrogens (tertiary/aromatic N) is 2. The maximum absolute atomic E-state index is 12.8. The molecule has 4 rings (SSSR count). The van der Waals surface area contributed by atoms with E-state index in [-0.39, 0.29) is 29.6 Å². The molecule has 0 unspecified atom stereocenters. The van der Waals surface area contributed by atoms with E-state index in [9.17, 15) is 14.9 Å². The highest BCUT2D eigenvalue weighted by atomic mass is 35.5. The average Bonchev–Trinajstić information content (AvgIpc) is 3.17. The summed E-state index contributed by atoms with van der Waals surface area (Å²) < 4.78 is 0. The van der Waals surface area contributed by atoms with E-state index in [1.165, 1.54) is 0 Å². The number of carbonyl (C=O) groups is 2. The third kappa shape index (κ3) is 4.43. The monoisotopic (exact) mass is 440 g/mol. The molecule has 0 spiro atoms. The molecule has 2 amide bonds. The zero-order chi connectivity index (χ0) is 22.5. The first-order valence-electron chi connectivity index (χ1n) is 9.78. The molecular weight excluding hydrogens is 424 g/mol. The van der Waals surface area contributed by atoms with E-state index in [0.29, 0.717) is 21.7 Å². The summed E-state index contributed by atoms with van der Waals surface area (Å²) in [6.45, 7) is 0.281. The minimum absolute atomic E-state index is 0.121. The molecule has 32 heavy (non-hydrogen) atoms. The number of rotatable bonds is 4. The standard InChI is InChI=1S/C25H17ClN4O2/c26-18-12-10-17(11-13-18)24(31)30-23-20-9-5-4-8-19(20)22(29-23)21(14-27)25(32)28-15-16-6-2-1-3-7-16/h1-13H,15H2,(H,28,32)(H,29,30,31). The number of nitrogens with one attached hydrogen (secondary N) is 2. The molecule has 1 aliphatic rings. The Morgan fingerprint density at radius 3 is 2.25 bits per heavy atom. The molecule has 6 nitrogen and oxygen atoms in total. The minimum Gasteiger partial charge on any atom is -0.347 e. The number of halogens is 1. The topological polar surface area (TPSA) is 94.3 Å². The van der Waals surface area contributed by atoms with E-state index in [0.717, 1.165) is 5.56 Å². The van der Waals surface area contributed by atoms with Crippen LogP contribution in [-0.4, -0.2) is 17.6 Å². The molecule has 0 aliphatic carbocycles. The molecule has 0 saturated heterocycles. The number of carbonyl (C=O) groups excluding carboxylic acids is 2. The number of hydrogen-bond donors (Lipinski definition) is 2. The fourth-order valence-electron chi connectivity index (χ4n) is 3.27. The van der Waals surface area contributed by atoms with Gasteiger partial charge in [0.1, 0.15) is 17.5 Å². The molecule has 0 atom stereocenters. The van der Waals surface area contributed by atoms with Gasteiger partial charge in [0.15, 0.2) is 0 Å². The van der Waals surface area contributed by atoms with Gasteiger partial charge in [0.05, 0.1) is 5.70 Å². The van der Waals surface area contributed by atoms with Crippen LogP contribution in [0, 0.1) is 11.3 Å². The number of aliphatic imine (C=N–C) groups is 1. The van der Waals surface area contributed by atoms with Gasteiger partial charge in [-0.1, -0.05) is 66.2 Å². The number of hydrogen-bond acceptors (Lipinski definition) is 4. The second kappa shape index (κ2) is 9.29. The molecule has 156 valence electrons. The van der Waals surface area contributed by atoms with Gasteiger partial charge in [0.2, 0.25) is 0 Å². The first-order valence-corrected chi connectivity index (χ1v) is 10.2. The van der Waals surface area contributed by atoms with Crippen molar-refractivity contribution < 1.29 is 9.59 Å². The van der Waals surface area contributed by atoms with E-state index in [4.69, 9.17) is 11.6 Å². The van der Waals surface area contributed by atoms with Crippen LogP contribution in [0.2, 0.25) is 5.02 Å². The van der Waals surface area contributed by atoms with Crippen molar-refractivity contribution in [3.05, 3.63) is 112 Å². The Morgan fingerprint density at radius 1 is 0.906 bits per heavy atom. The van der Waals surface area contributed by atoms with Crippen LogP contribution in [0.15, 0.2) is 89.4 Å². The normalized spacial score (nSPS) is 13.4. The zero-order valence-electron chi connectivity index (χ0n) is 16.8. The smallest absolute Gasteiger partial charge is 0.264 e. The summed E-state index contributed by atoms with van der Waals surface area (Å²) in [5, 5.41) is 15.8. The van der Waals surface area contributed by atoms with E-state index in [1.54, 1.807) is 48.5 Å². The van der Waals surface area contributed by atoms with Gasteiger partial charge in [-0.2, -0.15) is 5.26 Å². The SMILES string of the molecule is N#CC(C(=O)NCc1ccccc1)=C1N=C(NC(=O)c2ccc(Cl)cc2)c2ccccc21. The van der Waals surface area contributed by atoms with E-state index < -0.39 is 5.91 Å². The van der Waals surface area contributed by atoms with Crippen LogP contribution in [0.1, 0.15) is 27.0 Å². The molecule has 2 N–H and O–H groups in total. The summed E-state index contributed by atoms with van der Waals surface area (Å²) >= 11 is 5.89. The van der Waals surface area contributed by atoms with Gasteiger partial charge in [0.25, 0.3) is 11.8 Å². The van der Waals surface area contributed by atoms with Crippen LogP contribution in [0.3, 0.4) is 0 Å². The van der Waals surface area contributed by atoms with Crippen molar-refractivity contribution in [1.82, 2.24) is 10.6 Å². The zero-order valence-corrected chi connectivity index (χ0v) is 17.6. The minimum atomic E-state index is -0.532. The fourth-order valence-corrected chi connectivity index (χ4v) is 3.40. The van der Waals surface area contributed by atoms with E-state index in [2.05, 4.69) is 15.6 Å². The molecule has 3 aromatic rings. The van der Waals surface area contributed by atoms with Gasteiger partial charge in [-0.25, -0.2) is 4.99 Å². The van der Waals surface area contributed by atoms with Crippen molar-refractivity contribution in [2.75, 3.05) is 0 Å². The molecule has 1 aliphatic heterocycles. The van der Waals surface area contributed by atoms with Crippen molar-refractivity contribution in [3.63, 3.8) is 0 Å². The Balaban J connectivity index is 1.63. The third-order valence-corrected chi connectivity index (χ3v) is 5.12. The van der Waals surface area contributed by atoms with E-state index in [1.807, 2.05) is 36.4 Å². The summed E-state index contributed by atoms with van der Waals surface area (Å²) in [7, 11) is 0. The first kappa shape index (κ1) is 21.0. The lowest BCUT2D eigenvalue weighted by Gasteiger charge is -2.06. The third-order valence-electron chi connectivity index (χ3n) is 4.87. The average molecular weight is 441 g/mol. The van der Waals surface area contributed by atoms with Crippen molar-refractivity contribution in [2.24, 2.45) is 4.99 Å². The van der Waals surface area contributed by atoms with Gasteiger partial charge >= 0.3 is 0 Å². The molecule has 7 heteroatoms. The van der Waals surface area contributed by atoms with Crippen LogP contribution in [0.5, 0.6) is 0 Å². The van der Waals surface area contributed by atoms with Crippen LogP contribution >= 0.6 is 11.6 Å². The van der Waals surface area contributed by atoms with Crippen molar-refractivity contribution in [1.29, 1.82) is 5.26 Å². The highest BCUT2D eigenvalue weighted by molar-refractivity contribution is 6.30. The molecular formula is C25H17ClN4O2. The second-order valence-corrected chi connectivity index (χ2v) is 7.41. The second-order valence-electron chi connectivity index (χ2n) is 6.97. The lowest BCUT2D eigenvalue weighted by molar-refractivity contribution is -0.117. The number of benzene rings is 3. The van der Waals surface area contributed by atoms with Crippen molar-refractivity contribution in [2.45, 2.75) is 6.54 Å². The largest absolute Gasteiger partial charge is 0.347 e. The maximum atomic E-state index is 12.8. The summed E-state index contributed by atoms with van der Waals surface area (Å²) in [6, 6.07) is 24.9. The quantitative estimate of drug-likeness (QED) is 0.472. The molecule has 0 aromatic heterocycles. The highest BCUT2D eigenvalue weighted by Crippen LogP contribution is 2.30. The predicted molar refractivity (Wildman–Crippen MR) is 123 cm³/mol. The number of amides is 2. The van der Waals surface area contributed by atoms with Gasteiger partial charge in [-0.15, -0.1) is 0 Å². The van der Waals surface area contributed by atoms with Crippen molar-refractivity contribution in [3.8, 4) is 6.07 Å². The Labute approximate surface area is 189 Å². The van der Waals surface area contributed by atoms with Crippen LogP contribution in [-0.2, 0) is 11.3 Å². The summed E-state index contributed by atoms with van der Waals surface area (Å²) in [4.78, 5) is 29.9. The molecule has 0 bridgehead atoms. The number of nitriles is 1. The van der Waals surface area contributed by atoms with Crippen LogP contribution < -0.4 is 10.6 Å². The van der Waals surface area contributed by atoms with Crippen LogP contribution in [0.25, 0.3) is 5.70 Å². The summed E-state index contributed by atoms with van der Waals surface area (Å²) in [5.74, 6) is -0.627. The Bertz CT molecular complexity index is 1290. The Kier molecular flexibility index (Phi) is 6.11. The number of fused-ring (bicyclic) bond motifs is 1. The van der Waals surface area contributed by atoms with Gasteiger partial charge in [-0.3, -0.25) is 9.59 Å². The van der Waals surface area contributed by atoms with Crippen LogP contribution in [0.4, 0.5) is 0 Å². The van der Waals surface area contributed by atoms with Gasteiger partial charge < -0.3 is 10.6 Å². The van der Waals surface area contributed by atoms with E-state index >= 15 is 0 Å². The lowest BCUT2D eigenvalue weighted by atomic mass is 10.0. The molecule has 0 radical (unpaired) electrons. The Hall–Kier alpha value is -4.21. The fraction of sp³-hybridized carbons (Fsp3) is 0.0400. The van der Waals surface area contributed by atoms with Crippen molar-refractivity contribution >= 4 is 34.9 Å². The highest BCUT2D eigenvalue weighted by Gasteiger charge is 2.27. The predicted octanol–water partition coefficient (Wildman–Crippen LogP) is 4.08. The summed E-state index contributed by atoms with van der Waals surface area (Å²) in [5.41, 5.74) is 2.66. The summed E-state index contributed by atoms with van der Waals surface area (Å²) in [6.07, 6.45) is 0. The maximum Gasteiger partial charge on any atom is 0.264 e. The molecule has 0 saturated carbocycles. The molecule has 3 aromatic carbocycles. The van der Waals surface area contributed by atoms with Gasteiger partial charge in [-0.05, 0) is 29.8 Å². The number of amidine groups is 1. The Morgan fingerprint density at radius 2 is 1.56 bits per heavy atom. The first-order chi connectivity index (χ1) is 15.6.